The fourth-order valence-corrected chi connectivity index (χ4v) is 1.94. The van der Waals surface area contributed by atoms with E-state index < -0.39 is 11.7 Å². The lowest BCUT2D eigenvalue weighted by Crippen LogP contribution is -2.41. The third-order valence-corrected chi connectivity index (χ3v) is 3.01. The number of carbonyl (C=O) groups excluding carboxylic acids is 1. The Morgan fingerprint density at radius 1 is 1.42 bits per heavy atom. The number of phenolic OH excluding ortho intramolecular Hbond substituents is 1. The van der Waals surface area contributed by atoms with Crippen LogP contribution in [0.5, 0.6) is 5.75 Å². The van der Waals surface area contributed by atoms with Crippen LogP contribution in [0.4, 0.5) is 4.39 Å². The Balaban J connectivity index is 1.80. The molecule has 0 bridgehead atoms. The number of hydrogen-bond donors (Lipinski definition) is 2. The molecule has 0 aromatic heterocycles. The summed E-state index contributed by atoms with van der Waals surface area (Å²) in [5.41, 5.74) is -0.0558. The van der Waals surface area contributed by atoms with Gasteiger partial charge in [-0.3, -0.25) is 9.69 Å². The number of aromatic hydroxyl groups is 1. The number of rotatable bonds is 4. The first-order valence-electron chi connectivity index (χ1n) is 6.23. The third-order valence-electron chi connectivity index (χ3n) is 3.01. The molecule has 0 saturated carbocycles. The SMILES string of the molecule is O=C(NCCN1CCOCC1)c1ccc(O)cc1F. The number of morpholine rings is 1. The molecule has 19 heavy (non-hydrogen) atoms. The van der Waals surface area contributed by atoms with Crippen molar-refractivity contribution in [3.63, 3.8) is 0 Å². The monoisotopic (exact) mass is 268 g/mol. The number of carbonyl (C=O) groups is 1. The lowest BCUT2D eigenvalue weighted by molar-refractivity contribution is 0.0383. The number of amides is 1. The zero-order valence-electron chi connectivity index (χ0n) is 10.6. The van der Waals surface area contributed by atoms with Crippen molar-refractivity contribution in [1.82, 2.24) is 10.2 Å². The fourth-order valence-electron chi connectivity index (χ4n) is 1.94. The molecule has 1 aromatic carbocycles. The summed E-state index contributed by atoms with van der Waals surface area (Å²) in [7, 11) is 0. The molecule has 5 nitrogen and oxygen atoms in total. The molecule has 2 rings (SSSR count). The highest BCUT2D eigenvalue weighted by molar-refractivity contribution is 5.94. The van der Waals surface area contributed by atoms with E-state index in [-0.39, 0.29) is 11.3 Å². The van der Waals surface area contributed by atoms with E-state index in [1.165, 1.54) is 12.1 Å². The van der Waals surface area contributed by atoms with Gasteiger partial charge in [-0.1, -0.05) is 0 Å². The normalized spacial score (nSPS) is 16.3. The molecule has 104 valence electrons. The lowest BCUT2D eigenvalue weighted by atomic mass is 10.2. The third kappa shape index (κ3) is 3.90. The van der Waals surface area contributed by atoms with Crippen LogP contribution in [0.15, 0.2) is 18.2 Å². The second-order valence-electron chi connectivity index (χ2n) is 4.37. The van der Waals surface area contributed by atoms with E-state index in [4.69, 9.17) is 9.84 Å². The molecule has 1 heterocycles. The molecule has 0 spiro atoms. The molecule has 0 radical (unpaired) electrons. The van der Waals surface area contributed by atoms with Crippen molar-refractivity contribution < 1.29 is 19.0 Å². The number of nitrogens with one attached hydrogen (secondary N) is 1. The Morgan fingerprint density at radius 3 is 2.84 bits per heavy atom. The molecule has 1 amide bonds. The predicted molar refractivity (Wildman–Crippen MR) is 67.7 cm³/mol. The molecule has 1 aromatic rings. The highest BCUT2D eigenvalue weighted by Crippen LogP contribution is 2.14. The summed E-state index contributed by atoms with van der Waals surface area (Å²) in [4.78, 5) is 13.9. The first-order valence-corrected chi connectivity index (χ1v) is 6.23. The average molecular weight is 268 g/mol. The molecule has 1 fully saturated rings. The molecule has 0 atom stereocenters. The highest BCUT2D eigenvalue weighted by atomic mass is 19.1. The van der Waals surface area contributed by atoms with Gasteiger partial charge in [-0.25, -0.2) is 4.39 Å². The van der Waals surface area contributed by atoms with Crippen LogP contribution in [0.1, 0.15) is 10.4 Å². The number of ether oxygens (including phenoxy) is 1. The molecule has 0 unspecified atom stereocenters. The van der Waals surface area contributed by atoms with Gasteiger partial charge in [0.2, 0.25) is 0 Å². The van der Waals surface area contributed by atoms with Gasteiger partial charge in [-0.15, -0.1) is 0 Å². The number of benzene rings is 1. The Labute approximate surface area is 111 Å². The zero-order chi connectivity index (χ0) is 13.7. The molecule has 6 heteroatoms. The lowest BCUT2D eigenvalue weighted by Gasteiger charge is -2.26. The summed E-state index contributed by atoms with van der Waals surface area (Å²) >= 11 is 0. The van der Waals surface area contributed by atoms with Crippen LogP contribution in [0.3, 0.4) is 0 Å². The van der Waals surface area contributed by atoms with E-state index in [9.17, 15) is 9.18 Å². The maximum absolute atomic E-state index is 13.4. The van der Waals surface area contributed by atoms with E-state index >= 15 is 0 Å². The van der Waals surface area contributed by atoms with Crippen LogP contribution in [0, 0.1) is 5.82 Å². The number of halogens is 1. The van der Waals surface area contributed by atoms with Gasteiger partial charge in [0.05, 0.1) is 18.8 Å². The van der Waals surface area contributed by atoms with E-state index in [1.54, 1.807) is 0 Å². The van der Waals surface area contributed by atoms with Crippen molar-refractivity contribution in [2.45, 2.75) is 0 Å². The molecular formula is C13H17FN2O3. The minimum Gasteiger partial charge on any atom is -0.508 e. The second-order valence-corrected chi connectivity index (χ2v) is 4.37. The minimum absolute atomic E-state index is 0.0558. The van der Waals surface area contributed by atoms with E-state index in [2.05, 4.69) is 10.2 Å². The van der Waals surface area contributed by atoms with Gasteiger partial charge in [0.15, 0.2) is 0 Å². The van der Waals surface area contributed by atoms with Gasteiger partial charge in [0, 0.05) is 32.2 Å². The van der Waals surface area contributed by atoms with Crippen molar-refractivity contribution in [3.8, 4) is 5.75 Å². The van der Waals surface area contributed by atoms with E-state index in [0.717, 1.165) is 25.7 Å². The Hall–Kier alpha value is -1.66. The number of phenols is 1. The van der Waals surface area contributed by atoms with Crippen molar-refractivity contribution in [2.24, 2.45) is 0 Å². The standard InChI is InChI=1S/C13H17FN2O3/c14-12-9-10(17)1-2-11(12)13(18)15-3-4-16-5-7-19-8-6-16/h1-2,9,17H,3-8H2,(H,15,18). The molecule has 0 aliphatic carbocycles. The van der Waals surface area contributed by atoms with Crippen molar-refractivity contribution >= 4 is 5.91 Å². The molecule has 2 N–H and O–H groups in total. The van der Waals surface area contributed by atoms with Crippen LogP contribution in [0.2, 0.25) is 0 Å². The second kappa shape index (κ2) is 6.49. The Morgan fingerprint density at radius 2 is 2.16 bits per heavy atom. The summed E-state index contributed by atoms with van der Waals surface area (Å²) in [6.45, 7) is 4.29. The Bertz CT molecular complexity index is 448. The Kier molecular flexibility index (Phi) is 4.70. The molecule has 1 saturated heterocycles. The quantitative estimate of drug-likeness (QED) is 0.839. The van der Waals surface area contributed by atoms with Crippen molar-refractivity contribution in [2.75, 3.05) is 39.4 Å². The van der Waals surface area contributed by atoms with E-state index in [0.29, 0.717) is 19.8 Å². The first-order chi connectivity index (χ1) is 9.16. The number of nitrogens with zero attached hydrogens (tertiary/aromatic N) is 1. The number of hydrogen-bond acceptors (Lipinski definition) is 4. The van der Waals surface area contributed by atoms with Crippen LogP contribution in [0.25, 0.3) is 0 Å². The fraction of sp³-hybridized carbons (Fsp3) is 0.462. The van der Waals surface area contributed by atoms with Crippen LogP contribution in [-0.2, 0) is 4.74 Å². The van der Waals surface area contributed by atoms with Gasteiger partial charge < -0.3 is 15.2 Å². The van der Waals surface area contributed by atoms with Crippen LogP contribution in [-0.4, -0.2) is 55.3 Å². The largest absolute Gasteiger partial charge is 0.508 e. The average Bonchev–Trinajstić information content (AvgIpc) is 2.39. The van der Waals surface area contributed by atoms with Gasteiger partial charge in [0.1, 0.15) is 11.6 Å². The summed E-state index contributed by atoms with van der Waals surface area (Å²) in [6.07, 6.45) is 0. The first kappa shape index (κ1) is 13.8. The smallest absolute Gasteiger partial charge is 0.254 e. The minimum atomic E-state index is -0.719. The molecule has 1 aliphatic heterocycles. The van der Waals surface area contributed by atoms with Gasteiger partial charge >= 0.3 is 0 Å². The van der Waals surface area contributed by atoms with Gasteiger partial charge in [-0.2, -0.15) is 0 Å². The predicted octanol–water partition coefficient (Wildman–Crippen LogP) is 0.593. The van der Waals surface area contributed by atoms with Crippen LogP contribution >= 0.6 is 0 Å². The summed E-state index contributed by atoms with van der Waals surface area (Å²) in [6, 6.07) is 3.49. The summed E-state index contributed by atoms with van der Waals surface area (Å²) in [5, 5.41) is 11.7. The summed E-state index contributed by atoms with van der Waals surface area (Å²) in [5.74, 6) is -1.38. The van der Waals surface area contributed by atoms with Crippen LogP contribution < -0.4 is 5.32 Å². The highest BCUT2D eigenvalue weighted by Gasteiger charge is 2.13. The zero-order valence-corrected chi connectivity index (χ0v) is 10.6. The van der Waals surface area contributed by atoms with Crippen molar-refractivity contribution in [3.05, 3.63) is 29.6 Å². The maximum Gasteiger partial charge on any atom is 0.254 e. The molecular weight excluding hydrogens is 251 g/mol. The summed E-state index contributed by atoms with van der Waals surface area (Å²) < 4.78 is 18.7. The topological polar surface area (TPSA) is 61.8 Å². The maximum atomic E-state index is 13.4. The molecule has 1 aliphatic rings. The van der Waals surface area contributed by atoms with E-state index in [1.807, 2.05) is 0 Å². The van der Waals surface area contributed by atoms with Gasteiger partial charge in [-0.05, 0) is 12.1 Å². The van der Waals surface area contributed by atoms with Gasteiger partial charge in [0.25, 0.3) is 5.91 Å². The van der Waals surface area contributed by atoms with Crippen molar-refractivity contribution in [1.29, 1.82) is 0 Å².